The Hall–Kier alpha value is -1.20. The molecule has 2 aromatic heterocycles. The van der Waals surface area contributed by atoms with Crippen molar-refractivity contribution >= 4 is 11.3 Å². The molecule has 1 aliphatic carbocycles. The number of rotatable bonds is 3. The molecule has 102 valence electrons. The van der Waals surface area contributed by atoms with Crippen molar-refractivity contribution in [2.45, 2.75) is 38.1 Å². The number of nitrogens with zero attached hydrogens (tertiary/aromatic N) is 3. The molecule has 4 nitrogen and oxygen atoms in total. The highest BCUT2D eigenvalue weighted by Crippen LogP contribution is 2.33. The molecule has 19 heavy (non-hydrogen) atoms. The molecular formula is C14H20N4S. The van der Waals surface area contributed by atoms with Crippen LogP contribution in [-0.4, -0.2) is 14.8 Å². The molecule has 2 N–H and O–H groups in total. The second-order valence-electron chi connectivity index (χ2n) is 5.32. The van der Waals surface area contributed by atoms with Gasteiger partial charge in [-0.15, -0.1) is 11.3 Å². The molecule has 0 aliphatic heterocycles. The fourth-order valence-electron chi connectivity index (χ4n) is 2.90. The Bertz CT molecular complexity index is 526. The molecule has 1 aliphatic rings. The van der Waals surface area contributed by atoms with E-state index in [-0.39, 0.29) is 6.04 Å². The van der Waals surface area contributed by atoms with Crippen LogP contribution in [0.5, 0.6) is 0 Å². The average Bonchev–Trinajstić information content (AvgIpc) is 3.08. The Morgan fingerprint density at radius 3 is 2.84 bits per heavy atom. The molecule has 1 fully saturated rings. The molecule has 0 saturated heterocycles. The summed E-state index contributed by atoms with van der Waals surface area (Å²) >= 11 is 1.67. The summed E-state index contributed by atoms with van der Waals surface area (Å²) in [5.41, 5.74) is 6.42. The first-order chi connectivity index (χ1) is 9.25. The third-order valence-corrected chi connectivity index (χ3v) is 4.86. The van der Waals surface area contributed by atoms with Crippen LogP contribution in [-0.2, 0) is 7.05 Å². The number of aromatic nitrogens is 3. The minimum atomic E-state index is 0.0199. The zero-order chi connectivity index (χ0) is 13.2. The van der Waals surface area contributed by atoms with Crippen LogP contribution in [0.4, 0.5) is 0 Å². The van der Waals surface area contributed by atoms with Crippen LogP contribution in [0.2, 0.25) is 0 Å². The lowest BCUT2D eigenvalue weighted by atomic mass is 9.84. The first-order valence-corrected chi connectivity index (χ1v) is 7.84. The van der Waals surface area contributed by atoms with E-state index in [9.17, 15) is 0 Å². The van der Waals surface area contributed by atoms with Crippen LogP contribution in [0, 0.1) is 5.92 Å². The van der Waals surface area contributed by atoms with Crippen LogP contribution in [0.25, 0.3) is 10.7 Å². The van der Waals surface area contributed by atoms with E-state index >= 15 is 0 Å². The third kappa shape index (κ3) is 2.58. The lowest BCUT2D eigenvalue weighted by Gasteiger charge is -2.26. The van der Waals surface area contributed by atoms with Gasteiger partial charge in [-0.3, -0.25) is 4.68 Å². The molecule has 1 unspecified atom stereocenters. The zero-order valence-electron chi connectivity index (χ0n) is 11.2. The first-order valence-electron chi connectivity index (χ1n) is 6.96. The van der Waals surface area contributed by atoms with Gasteiger partial charge in [0.2, 0.25) is 0 Å². The Morgan fingerprint density at radius 2 is 2.16 bits per heavy atom. The molecule has 2 heterocycles. The summed E-state index contributed by atoms with van der Waals surface area (Å²) in [6.45, 7) is 0. The van der Waals surface area contributed by atoms with Crippen molar-refractivity contribution in [3.05, 3.63) is 23.3 Å². The van der Waals surface area contributed by atoms with Crippen molar-refractivity contribution in [3.8, 4) is 10.7 Å². The van der Waals surface area contributed by atoms with Gasteiger partial charge in [-0.05, 0) is 30.2 Å². The van der Waals surface area contributed by atoms with Crippen LogP contribution < -0.4 is 5.73 Å². The normalized spacial score (nSPS) is 18.6. The van der Waals surface area contributed by atoms with Gasteiger partial charge < -0.3 is 5.73 Å². The molecule has 0 amide bonds. The fraction of sp³-hybridized carbons (Fsp3) is 0.571. The lowest BCUT2D eigenvalue weighted by Crippen LogP contribution is -2.26. The Balaban J connectivity index is 1.84. The van der Waals surface area contributed by atoms with Gasteiger partial charge in [0.1, 0.15) is 5.82 Å². The van der Waals surface area contributed by atoms with E-state index < -0.39 is 0 Å². The highest BCUT2D eigenvalue weighted by molar-refractivity contribution is 7.13. The van der Waals surface area contributed by atoms with Crippen LogP contribution in [0.15, 0.2) is 17.5 Å². The smallest absolute Gasteiger partial charge is 0.191 e. The van der Waals surface area contributed by atoms with Crippen molar-refractivity contribution in [3.63, 3.8) is 0 Å². The number of hydrogen-bond donors (Lipinski definition) is 1. The van der Waals surface area contributed by atoms with Gasteiger partial charge in [-0.2, -0.15) is 5.10 Å². The molecule has 0 radical (unpaired) electrons. The summed E-state index contributed by atoms with van der Waals surface area (Å²) in [6.07, 6.45) is 6.40. The quantitative estimate of drug-likeness (QED) is 0.937. The van der Waals surface area contributed by atoms with Gasteiger partial charge in [0.05, 0.1) is 10.9 Å². The summed E-state index contributed by atoms with van der Waals surface area (Å²) in [5.74, 6) is 2.29. The van der Waals surface area contributed by atoms with E-state index in [1.807, 2.05) is 23.2 Å². The largest absolute Gasteiger partial charge is 0.321 e. The van der Waals surface area contributed by atoms with Crippen LogP contribution in [0.1, 0.15) is 44.0 Å². The summed E-state index contributed by atoms with van der Waals surface area (Å²) in [6, 6.07) is 4.10. The number of aryl methyl sites for hydroxylation is 1. The van der Waals surface area contributed by atoms with Gasteiger partial charge >= 0.3 is 0 Å². The summed E-state index contributed by atoms with van der Waals surface area (Å²) in [5, 5.41) is 6.55. The molecule has 1 saturated carbocycles. The third-order valence-electron chi connectivity index (χ3n) is 3.99. The average molecular weight is 276 g/mol. The van der Waals surface area contributed by atoms with Gasteiger partial charge in [0.25, 0.3) is 0 Å². The lowest BCUT2D eigenvalue weighted by molar-refractivity contribution is 0.296. The van der Waals surface area contributed by atoms with E-state index in [1.165, 1.54) is 32.1 Å². The van der Waals surface area contributed by atoms with Crippen molar-refractivity contribution < 1.29 is 0 Å². The van der Waals surface area contributed by atoms with Gasteiger partial charge in [0.15, 0.2) is 5.82 Å². The second-order valence-corrected chi connectivity index (χ2v) is 6.27. The number of hydrogen-bond acceptors (Lipinski definition) is 4. The Kier molecular flexibility index (Phi) is 3.66. The van der Waals surface area contributed by atoms with E-state index in [2.05, 4.69) is 16.1 Å². The first kappa shape index (κ1) is 12.8. The van der Waals surface area contributed by atoms with Gasteiger partial charge in [0, 0.05) is 7.05 Å². The fourth-order valence-corrected chi connectivity index (χ4v) is 3.55. The molecule has 2 aromatic rings. The monoisotopic (exact) mass is 276 g/mol. The van der Waals surface area contributed by atoms with Crippen molar-refractivity contribution in [2.75, 3.05) is 0 Å². The molecule has 5 heteroatoms. The molecule has 1 atom stereocenters. The Morgan fingerprint density at radius 1 is 1.37 bits per heavy atom. The highest BCUT2D eigenvalue weighted by Gasteiger charge is 2.26. The molecular weight excluding hydrogens is 256 g/mol. The maximum Gasteiger partial charge on any atom is 0.191 e. The molecule has 0 bridgehead atoms. The summed E-state index contributed by atoms with van der Waals surface area (Å²) in [7, 11) is 1.95. The summed E-state index contributed by atoms with van der Waals surface area (Å²) in [4.78, 5) is 5.77. The van der Waals surface area contributed by atoms with E-state index in [0.717, 1.165) is 16.5 Å². The highest BCUT2D eigenvalue weighted by atomic mass is 32.1. The molecule has 3 rings (SSSR count). The second kappa shape index (κ2) is 5.43. The van der Waals surface area contributed by atoms with Crippen LogP contribution in [0.3, 0.4) is 0 Å². The number of nitrogens with two attached hydrogens (primary N) is 1. The van der Waals surface area contributed by atoms with Crippen molar-refractivity contribution in [1.82, 2.24) is 14.8 Å². The van der Waals surface area contributed by atoms with Crippen molar-refractivity contribution in [2.24, 2.45) is 18.7 Å². The maximum atomic E-state index is 6.42. The molecule has 0 aromatic carbocycles. The predicted octanol–water partition coefficient (Wildman–Crippen LogP) is 3.12. The minimum Gasteiger partial charge on any atom is -0.321 e. The predicted molar refractivity (Wildman–Crippen MR) is 77.8 cm³/mol. The maximum absolute atomic E-state index is 6.42. The molecule has 0 spiro atoms. The van der Waals surface area contributed by atoms with E-state index in [4.69, 9.17) is 5.73 Å². The SMILES string of the molecule is Cn1nc(-c2cccs2)nc1C(N)C1CCCCC1. The summed E-state index contributed by atoms with van der Waals surface area (Å²) < 4.78 is 1.86. The van der Waals surface area contributed by atoms with E-state index in [1.54, 1.807) is 11.3 Å². The zero-order valence-corrected chi connectivity index (χ0v) is 12.1. The standard InChI is InChI=1S/C14H20N4S/c1-18-14(12(15)10-6-3-2-4-7-10)16-13(17-18)11-8-5-9-19-11/h5,8-10,12H,2-4,6-7,15H2,1H3. The van der Waals surface area contributed by atoms with Crippen molar-refractivity contribution in [1.29, 1.82) is 0 Å². The minimum absolute atomic E-state index is 0.0199. The van der Waals surface area contributed by atoms with Gasteiger partial charge in [-0.25, -0.2) is 4.98 Å². The van der Waals surface area contributed by atoms with Gasteiger partial charge in [-0.1, -0.05) is 25.3 Å². The topological polar surface area (TPSA) is 56.7 Å². The van der Waals surface area contributed by atoms with Crippen LogP contribution >= 0.6 is 11.3 Å². The van der Waals surface area contributed by atoms with E-state index in [0.29, 0.717) is 5.92 Å². The number of thiophene rings is 1. The Labute approximate surface area is 117 Å².